The molecule has 0 aromatic heterocycles. The standard InChI is InChI=1S/C12H13BrClNO/c13-8-4-3-5-9(14)10(8)12(11(15)16)6-1-2-7-12/h3-5H,1-2,6-7H2,(H2,15,16). The predicted octanol–water partition coefficient (Wildman–Crippen LogP) is 3.40. The third kappa shape index (κ3) is 1.76. The van der Waals surface area contributed by atoms with Gasteiger partial charge in [-0.1, -0.05) is 46.4 Å². The lowest BCUT2D eigenvalue weighted by Gasteiger charge is -2.27. The molecule has 1 aromatic carbocycles. The van der Waals surface area contributed by atoms with Crippen LogP contribution in [0.5, 0.6) is 0 Å². The van der Waals surface area contributed by atoms with Crippen LogP contribution in [0.15, 0.2) is 22.7 Å². The van der Waals surface area contributed by atoms with E-state index in [-0.39, 0.29) is 5.91 Å². The zero-order valence-electron chi connectivity index (χ0n) is 8.80. The number of carbonyl (C=O) groups excluding carboxylic acids is 1. The maximum Gasteiger partial charge on any atom is 0.228 e. The van der Waals surface area contributed by atoms with Crippen molar-refractivity contribution >= 4 is 33.4 Å². The fourth-order valence-electron chi connectivity index (χ4n) is 2.55. The van der Waals surface area contributed by atoms with Gasteiger partial charge < -0.3 is 5.73 Å². The Morgan fingerprint density at radius 3 is 2.50 bits per heavy atom. The third-order valence-electron chi connectivity index (χ3n) is 3.37. The molecule has 2 rings (SSSR count). The Labute approximate surface area is 108 Å². The minimum atomic E-state index is -0.572. The summed E-state index contributed by atoms with van der Waals surface area (Å²) in [6.07, 6.45) is 3.65. The van der Waals surface area contributed by atoms with Crippen molar-refractivity contribution in [2.75, 3.05) is 0 Å². The molecular weight excluding hydrogens is 289 g/mol. The van der Waals surface area contributed by atoms with Crippen LogP contribution in [0, 0.1) is 0 Å². The number of benzene rings is 1. The van der Waals surface area contributed by atoms with Gasteiger partial charge in [0.1, 0.15) is 0 Å². The Hall–Kier alpha value is -0.540. The van der Waals surface area contributed by atoms with Gasteiger partial charge in [0.05, 0.1) is 5.41 Å². The van der Waals surface area contributed by atoms with E-state index < -0.39 is 5.41 Å². The van der Waals surface area contributed by atoms with Crippen LogP contribution >= 0.6 is 27.5 Å². The summed E-state index contributed by atoms with van der Waals surface area (Å²) in [6, 6.07) is 5.58. The smallest absolute Gasteiger partial charge is 0.228 e. The maximum atomic E-state index is 11.8. The van der Waals surface area contributed by atoms with E-state index in [1.165, 1.54) is 0 Å². The Morgan fingerprint density at radius 1 is 1.38 bits per heavy atom. The number of rotatable bonds is 2. The molecule has 0 radical (unpaired) electrons. The lowest BCUT2D eigenvalue weighted by molar-refractivity contribution is -0.123. The minimum absolute atomic E-state index is 0.265. The summed E-state index contributed by atoms with van der Waals surface area (Å²) < 4.78 is 0.876. The molecule has 1 saturated carbocycles. The van der Waals surface area contributed by atoms with E-state index in [2.05, 4.69) is 15.9 Å². The highest BCUT2D eigenvalue weighted by atomic mass is 79.9. The molecule has 2 N–H and O–H groups in total. The summed E-state index contributed by atoms with van der Waals surface area (Å²) in [5.74, 6) is -0.265. The van der Waals surface area contributed by atoms with Crippen LogP contribution in [0.4, 0.5) is 0 Å². The van der Waals surface area contributed by atoms with Crippen molar-refractivity contribution < 1.29 is 4.79 Å². The van der Waals surface area contributed by atoms with Gasteiger partial charge in [-0.05, 0) is 25.0 Å². The average molecular weight is 303 g/mol. The lowest BCUT2D eigenvalue weighted by atomic mass is 9.78. The summed E-state index contributed by atoms with van der Waals surface area (Å²) in [5, 5.41) is 0.620. The molecule has 1 aliphatic carbocycles. The van der Waals surface area contributed by atoms with Gasteiger partial charge in [-0.15, -0.1) is 0 Å². The molecule has 0 unspecified atom stereocenters. The lowest BCUT2D eigenvalue weighted by Crippen LogP contribution is -2.39. The van der Waals surface area contributed by atoms with Crippen molar-refractivity contribution in [2.24, 2.45) is 5.73 Å². The first-order valence-electron chi connectivity index (χ1n) is 5.32. The Bertz CT molecular complexity index is 407. The Morgan fingerprint density at radius 2 is 2.00 bits per heavy atom. The number of primary amides is 1. The molecule has 0 aliphatic heterocycles. The summed E-state index contributed by atoms with van der Waals surface area (Å²) in [4.78, 5) is 11.8. The van der Waals surface area contributed by atoms with Gasteiger partial charge in [-0.25, -0.2) is 0 Å². The maximum absolute atomic E-state index is 11.8. The number of hydrogen-bond donors (Lipinski definition) is 1. The van der Waals surface area contributed by atoms with E-state index in [9.17, 15) is 4.79 Å². The van der Waals surface area contributed by atoms with Gasteiger partial charge in [0.2, 0.25) is 5.91 Å². The summed E-state index contributed by atoms with van der Waals surface area (Å²) in [6.45, 7) is 0. The molecular formula is C12H13BrClNO. The molecule has 1 amide bonds. The monoisotopic (exact) mass is 301 g/mol. The molecule has 0 bridgehead atoms. The molecule has 2 nitrogen and oxygen atoms in total. The molecule has 0 heterocycles. The van der Waals surface area contributed by atoms with E-state index in [4.69, 9.17) is 17.3 Å². The van der Waals surface area contributed by atoms with Crippen molar-refractivity contribution in [1.29, 1.82) is 0 Å². The molecule has 16 heavy (non-hydrogen) atoms. The van der Waals surface area contributed by atoms with Gasteiger partial charge in [0.15, 0.2) is 0 Å². The van der Waals surface area contributed by atoms with Crippen molar-refractivity contribution in [1.82, 2.24) is 0 Å². The van der Waals surface area contributed by atoms with E-state index in [0.717, 1.165) is 35.7 Å². The summed E-state index contributed by atoms with van der Waals surface area (Å²) >= 11 is 9.67. The second-order valence-corrected chi connectivity index (χ2v) is 5.51. The molecule has 0 saturated heterocycles. The number of halogens is 2. The first-order chi connectivity index (χ1) is 7.58. The first-order valence-corrected chi connectivity index (χ1v) is 6.49. The minimum Gasteiger partial charge on any atom is -0.369 e. The van der Waals surface area contributed by atoms with Crippen LogP contribution in [0.3, 0.4) is 0 Å². The SMILES string of the molecule is NC(=O)C1(c2c(Cl)cccc2Br)CCCC1. The van der Waals surface area contributed by atoms with E-state index in [0.29, 0.717) is 5.02 Å². The van der Waals surface area contributed by atoms with Crippen molar-refractivity contribution in [3.8, 4) is 0 Å². The molecule has 1 fully saturated rings. The van der Waals surface area contributed by atoms with Crippen LogP contribution in [-0.4, -0.2) is 5.91 Å². The van der Waals surface area contributed by atoms with E-state index >= 15 is 0 Å². The van der Waals surface area contributed by atoms with Gasteiger partial charge in [-0.3, -0.25) is 4.79 Å². The fourth-order valence-corrected chi connectivity index (χ4v) is 3.77. The first kappa shape index (κ1) is 11.9. The number of hydrogen-bond acceptors (Lipinski definition) is 1. The molecule has 0 atom stereocenters. The third-order valence-corrected chi connectivity index (χ3v) is 4.35. The second-order valence-electron chi connectivity index (χ2n) is 4.25. The van der Waals surface area contributed by atoms with Crippen LogP contribution in [0.25, 0.3) is 0 Å². The van der Waals surface area contributed by atoms with Gasteiger partial charge in [-0.2, -0.15) is 0 Å². The molecule has 1 aliphatic rings. The molecule has 4 heteroatoms. The van der Waals surface area contributed by atoms with Crippen molar-refractivity contribution in [2.45, 2.75) is 31.1 Å². The quantitative estimate of drug-likeness (QED) is 0.894. The second kappa shape index (κ2) is 4.38. The normalized spacial score (nSPS) is 18.6. The van der Waals surface area contributed by atoms with Gasteiger partial charge in [0, 0.05) is 15.1 Å². The van der Waals surface area contributed by atoms with Crippen molar-refractivity contribution in [3.05, 3.63) is 33.3 Å². The summed E-state index contributed by atoms with van der Waals surface area (Å²) in [5.41, 5.74) is 5.87. The highest BCUT2D eigenvalue weighted by molar-refractivity contribution is 9.10. The number of amides is 1. The summed E-state index contributed by atoms with van der Waals surface area (Å²) in [7, 11) is 0. The Balaban J connectivity index is 2.60. The largest absolute Gasteiger partial charge is 0.369 e. The van der Waals surface area contributed by atoms with Crippen LogP contribution in [0.1, 0.15) is 31.2 Å². The topological polar surface area (TPSA) is 43.1 Å². The van der Waals surface area contributed by atoms with Gasteiger partial charge in [0.25, 0.3) is 0 Å². The Kier molecular flexibility index (Phi) is 3.27. The zero-order valence-corrected chi connectivity index (χ0v) is 11.1. The van der Waals surface area contributed by atoms with Crippen LogP contribution in [0.2, 0.25) is 5.02 Å². The molecule has 86 valence electrons. The van der Waals surface area contributed by atoms with Crippen LogP contribution in [-0.2, 0) is 10.2 Å². The van der Waals surface area contributed by atoms with Crippen LogP contribution < -0.4 is 5.73 Å². The van der Waals surface area contributed by atoms with Crippen molar-refractivity contribution in [3.63, 3.8) is 0 Å². The highest BCUT2D eigenvalue weighted by Gasteiger charge is 2.43. The molecule has 0 spiro atoms. The fraction of sp³-hybridized carbons (Fsp3) is 0.417. The molecule has 1 aromatic rings. The van der Waals surface area contributed by atoms with E-state index in [1.807, 2.05) is 18.2 Å². The number of carbonyl (C=O) groups is 1. The van der Waals surface area contributed by atoms with E-state index in [1.54, 1.807) is 0 Å². The highest BCUT2D eigenvalue weighted by Crippen LogP contribution is 2.46. The predicted molar refractivity (Wildman–Crippen MR) is 68.5 cm³/mol. The zero-order chi connectivity index (χ0) is 11.8. The number of nitrogens with two attached hydrogens (primary N) is 1. The average Bonchev–Trinajstić information content (AvgIpc) is 2.67. The van der Waals surface area contributed by atoms with Gasteiger partial charge >= 0.3 is 0 Å².